The molecule has 0 bridgehead atoms. The summed E-state index contributed by atoms with van der Waals surface area (Å²) in [7, 11) is 0. The van der Waals surface area contributed by atoms with E-state index in [1.54, 1.807) is 0 Å². The Bertz CT molecular complexity index is 340. The molecule has 0 saturated heterocycles. The van der Waals surface area contributed by atoms with Gasteiger partial charge >= 0.3 is 0 Å². The SMILES string of the molecule is Cc1cccc(NC(=O)CNCCCO)c1. The molecule has 1 rings (SSSR count). The Hall–Kier alpha value is -1.39. The van der Waals surface area contributed by atoms with Crippen molar-refractivity contribution in [3.05, 3.63) is 29.8 Å². The summed E-state index contributed by atoms with van der Waals surface area (Å²) in [6.45, 7) is 3.05. The molecule has 0 aromatic heterocycles. The highest BCUT2D eigenvalue weighted by atomic mass is 16.3. The van der Waals surface area contributed by atoms with Crippen LogP contribution in [-0.2, 0) is 4.79 Å². The number of carbonyl (C=O) groups excluding carboxylic acids is 1. The van der Waals surface area contributed by atoms with Crippen molar-refractivity contribution in [2.45, 2.75) is 13.3 Å². The van der Waals surface area contributed by atoms with E-state index in [-0.39, 0.29) is 19.1 Å². The van der Waals surface area contributed by atoms with E-state index in [0.717, 1.165) is 11.3 Å². The van der Waals surface area contributed by atoms with E-state index in [2.05, 4.69) is 10.6 Å². The molecule has 0 saturated carbocycles. The van der Waals surface area contributed by atoms with E-state index in [4.69, 9.17) is 5.11 Å². The van der Waals surface area contributed by atoms with Gasteiger partial charge in [-0.1, -0.05) is 12.1 Å². The van der Waals surface area contributed by atoms with E-state index in [1.807, 2.05) is 31.2 Å². The number of aryl methyl sites for hydroxylation is 1. The average molecular weight is 222 g/mol. The predicted octanol–water partition coefficient (Wildman–Crippen LogP) is 0.906. The number of hydrogen-bond acceptors (Lipinski definition) is 3. The number of nitrogens with one attached hydrogen (secondary N) is 2. The largest absolute Gasteiger partial charge is 0.396 e. The zero-order valence-corrected chi connectivity index (χ0v) is 9.49. The van der Waals surface area contributed by atoms with Gasteiger partial charge < -0.3 is 15.7 Å². The molecule has 0 atom stereocenters. The van der Waals surface area contributed by atoms with Crippen LogP contribution < -0.4 is 10.6 Å². The Morgan fingerprint density at radius 2 is 2.25 bits per heavy atom. The van der Waals surface area contributed by atoms with Gasteiger partial charge in [0.2, 0.25) is 5.91 Å². The summed E-state index contributed by atoms with van der Waals surface area (Å²) < 4.78 is 0. The molecule has 0 unspecified atom stereocenters. The van der Waals surface area contributed by atoms with Crippen LogP contribution in [0, 0.1) is 6.92 Å². The Morgan fingerprint density at radius 3 is 2.94 bits per heavy atom. The van der Waals surface area contributed by atoms with Gasteiger partial charge in [0.25, 0.3) is 0 Å². The first kappa shape index (κ1) is 12.7. The minimum absolute atomic E-state index is 0.0662. The Labute approximate surface area is 95.7 Å². The fourth-order valence-electron chi connectivity index (χ4n) is 1.33. The van der Waals surface area contributed by atoms with Gasteiger partial charge in [0.05, 0.1) is 6.54 Å². The second-order valence-corrected chi connectivity index (χ2v) is 3.67. The van der Waals surface area contributed by atoms with Crippen molar-refractivity contribution < 1.29 is 9.90 Å². The minimum Gasteiger partial charge on any atom is -0.396 e. The van der Waals surface area contributed by atoms with Crippen LogP contribution in [0.4, 0.5) is 5.69 Å². The lowest BCUT2D eigenvalue weighted by atomic mass is 10.2. The highest BCUT2D eigenvalue weighted by Gasteiger charge is 2.00. The molecule has 0 fully saturated rings. The standard InChI is InChI=1S/C12H18N2O2/c1-10-4-2-5-11(8-10)14-12(16)9-13-6-3-7-15/h2,4-5,8,13,15H,3,6-7,9H2,1H3,(H,14,16). The van der Waals surface area contributed by atoms with Crippen LogP contribution in [0.15, 0.2) is 24.3 Å². The van der Waals surface area contributed by atoms with Crippen molar-refractivity contribution in [1.82, 2.24) is 5.32 Å². The van der Waals surface area contributed by atoms with Crippen LogP contribution in [0.2, 0.25) is 0 Å². The molecule has 4 heteroatoms. The molecule has 0 aliphatic carbocycles. The van der Waals surface area contributed by atoms with E-state index < -0.39 is 0 Å². The van der Waals surface area contributed by atoms with E-state index in [9.17, 15) is 4.79 Å². The number of anilines is 1. The highest BCUT2D eigenvalue weighted by Crippen LogP contribution is 2.08. The minimum atomic E-state index is -0.0662. The van der Waals surface area contributed by atoms with Crippen molar-refractivity contribution in [3.63, 3.8) is 0 Å². The van der Waals surface area contributed by atoms with Gasteiger partial charge in [0.15, 0.2) is 0 Å². The van der Waals surface area contributed by atoms with Crippen molar-refractivity contribution >= 4 is 11.6 Å². The number of carbonyl (C=O) groups is 1. The van der Waals surface area contributed by atoms with Gasteiger partial charge in [-0.2, -0.15) is 0 Å². The van der Waals surface area contributed by atoms with Crippen molar-refractivity contribution in [2.24, 2.45) is 0 Å². The third kappa shape index (κ3) is 4.91. The maximum atomic E-state index is 11.5. The summed E-state index contributed by atoms with van der Waals surface area (Å²) >= 11 is 0. The number of rotatable bonds is 6. The molecule has 1 aromatic carbocycles. The fraction of sp³-hybridized carbons (Fsp3) is 0.417. The zero-order chi connectivity index (χ0) is 11.8. The first-order chi connectivity index (χ1) is 7.72. The van der Waals surface area contributed by atoms with Gasteiger partial charge in [-0.3, -0.25) is 4.79 Å². The topological polar surface area (TPSA) is 61.4 Å². The second-order valence-electron chi connectivity index (χ2n) is 3.67. The van der Waals surface area contributed by atoms with Crippen LogP contribution in [0.1, 0.15) is 12.0 Å². The average Bonchev–Trinajstić information content (AvgIpc) is 2.24. The van der Waals surface area contributed by atoms with Gasteiger partial charge in [-0.25, -0.2) is 0 Å². The molecule has 0 heterocycles. The molecule has 1 amide bonds. The normalized spacial score (nSPS) is 10.1. The Kier molecular flexibility index (Phi) is 5.53. The molecule has 16 heavy (non-hydrogen) atoms. The first-order valence-electron chi connectivity index (χ1n) is 5.40. The van der Waals surface area contributed by atoms with Crippen LogP contribution in [0.5, 0.6) is 0 Å². The van der Waals surface area contributed by atoms with Crippen molar-refractivity contribution in [3.8, 4) is 0 Å². The number of aliphatic hydroxyl groups excluding tert-OH is 1. The predicted molar refractivity (Wildman–Crippen MR) is 64.4 cm³/mol. The van der Waals surface area contributed by atoms with E-state index in [1.165, 1.54) is 0 Å². The van der Waals surface area contributed by atoms with Crippen molar-refractivity contribution in [1.29, 1.82) is 0 Å². The Balaban J connectivity index is 2.29. The molecule has 0 aliphatic heterocycles. The summed E-state index contributed by atoms with van der Waals surface area (Å²) in [4.78, 5) is 11.5. The maximum absolute atomic E-state index is 11.5. The third-order valence-electron chi connectivity index (χ3n) is 2.10. The van der Waals surface area contributed by atoms with Crippen LogP contribution in [-0.4, -0.2) is 30.7 Å². The summed E-state index contributed by atoms with van der Waals surface area (Å²) in [5.74, 6) is -0.0662. The molecular formula is C12H18N2O2. The molecule has 1 aromatic rings. The van der Waals surface area contributed by atoms with Gasteiger partial charge in [-0.15, -0.1) is 0 Å². The summed E-state index contributed by atoms with van der Waals surface area (Å²) in [6, 6.07) is 7.67. The summed E-state index contributed by atoms with van der Waals surface area (Å²) in [5.41, 5.74) is 1.93. The van der Waals surface area contributed by atoms with Crippen LogP contribution in [0.3, 0.4) is 0 Å². The van der Waals surface area contributed by atoms with E-state index in [0.29, 0.717) is 13.0 Å². The maximum Gasteiger partial charge on any atom is 0.238 e. The second kappa shape index (κ2) is 6.98. The van der Waals surface area contributed by atoms with Crippen molar-refractivity contribution in [2.75, 3.05) is 25.0 Å². The first-order valence-corrected chi connectivity index (χ1v) is 5.40. The van der Waals surface area contributed by atoms with Gasteiger partial charge in [0.1, 0.15) is 0 Å². The molecule has 3 N–H and O–H groups in total. The number of amides is 1. The molecule has 88 valence electrons. The molecular weight excluding hydrogens is 204 g/mol. The smallest absolute Gasteiger partial charge is 0.238 e. The lowest BCUT2D eigenvalue weighted by Gasteiger charge is -2.06. The lowest BCUT2D eigenvalue weighted by molar-refractivity contribution is -0.115. The molecule has 0 spiro atoms. The third-order valence-corrected chi connectivity index (χ3v) is 2.10. The highest BCUT2D eigenvalue weighted by molar-refractivity contribution is 5.92. The quantitative estimate of drug-likeness (QED) is 0.627. The number of benzene rings is 1. The molecule has 0 radical (unpaired) electrons. The molecule has 0 aliphatic rings. The van der Waals surface area contributed by atoms with Crippen LogP contribution in [0.25, 0.3) is 0 Å². The number of aliphatic hydroxyl groups is 1. The monoisotopic (exact) mass is 222 g/mol. The van der Waals surface area contributed by atoms with E-state index >= 15 is 0 Å². The fourth-order valence-corrected chi connectivity index (χ4v) is 1.33. The van der Waals surface area contributed by atoms with Crippen LogP contribution >= 0.6 is 0 Å². The lowest BCUT2D eigenvalue weighted by Crippen LogP contribution is -2.29. The summed E-state index contributed by atoms with van der Waals surface area (Å²) in [6.07, 6.45) is 0.664. The Morgan fingerprint density at radius 1 is 1.44 bits per heavy atom. The zero-order valence-electron chi connectivity index (χ0n) is 9.49. The van der Waals surface area contributed by atoms with Gasteiger partial charge in [-0.05, 0) is 37.6 Å². The number of hydrogen-bond donors (Lipinski definition) is 3. The molecule has 4 nitrogen and oxygen atoms in total. The van der Waals surface area contributed by atoms with Gasteiger partial charge in [0, 0.05) is 12.3 Å². The summed E-state index contributed by atoms with van der Waals surface area (Å²) in [5, 5.41) is 14.3.